The van der Waals surface area contributed by atoms with Gasteiger partial charge in [-0.2, -0.15) is 10.0 Å². The fraction of sp³-hybridized carbons (Fsp3) is 0.267. The van der Waals surface area contributed by atoms with Crippen LogP contribution in [0.3, 0.4) is 0 Å². The van der Waals surface area contributed by atoms with E-state index in [0.717, 1.165) is 0 Å². The van der Waals surface area contributed by atoms with Crippen molar-refractivity contribution >= 4 is 22.1 Å². The van der Waals surface area contributed by atoms with E-state index in [-0.39, 0.29) is 0 Å². The van der Waals surface area contributed by atoms with Crippen LogP contribution in [-0.4, -0.2) is 31.8 Å². The van der Waals surface area contributed by atoms with E-state index in [9.17, 15) is 9.18 Å². The topological polar surface area (TPSA) is 26.3 Å². The Bertz CT molecular complexity index is 560. The van der Waals surface area contributed by atoms with Crippen LogP contribution in [0.5, 0.6) is 0 Å². The average Bonchev–Trinajstić information content (AvgIpc) is 2.33. The van der Waals surface area contributed by atoms with E-state index in [1.54, 1.807) is 12.1 Å². The number of esters is 1. The number of benzene rings is 1. The summed E-state index contributed by atoms with van der Waals surface area (Å²) in [5.74, 6) is 2.05. The highest BCUT2D eigenvalue weighted by molar-refractivity contribution is 8.35. The molecule has 0 fully saturated rings. The summed E-state index contributed by atoms with van der Waals surface area (Å²) in [6.45, 7) is 0. The summed E-state index contributed by atoms with van der Waals surface area (Å²) in [6, 6.07) is 4.68. The zero-order valence-electron chi connectivity index (χ0n) is 11.5. The Morgan fingerprint density at radius 2 is 2.05 bits per heavy atom. The fourth-order valence-corrected chi connectivity index (χ4v) is 1.66. The molecular weight excluding hydrogens is 263 g/mol. The number of halogens is 1. The van der Waals surface area contributed by atoms with Crippen molar-refractivity contribution < 1.29 is 13.9 Å². The van der Waals surface area contributed by atoms with Crippen molar-refractivity contribution in [2.75, 3.05) is 25.9 Å². The standard InChI is InChI=1S/C15H17FO2S/c1-18-15(17)9-8-13-12(6-5-7-14(13)16)10-11-19(2,3)4/h5-9H,1-4H3/b9-8+. The highest BCUT2D eigenvalue weighted by Crippen LogP contribution is 2.32. The van der Waals surface area contributed by atoms with E-state index < -0.39 is 21.8 Å². The van der Waals surface area contributed by atoms with Gasteiger partial charge in [-0.05, 0) is 42.2 Å². The number of hydrogen-bond donors (Lipinski definition) is 0. The van der Waals surface area contributed by atoms with Crippen LogP contribution in [0, 0.1) is 17.0 Å². The number of methoxy groups -OCH3 is 1. The molecule has 0 atom stereocenters. The van der Waals surface area contributed by atoms with Gasteiger partial charge in [-0.1, -0.05) is 12.0 Å². The molecule has 0 N–H and O–H groups in total. The van der Waals surface area contributed by atoms with Crippen LogP contribution in [-0.2, 0) is 9.53 Å². The fourth-order valence-electron chi connectivity index (χ4n) is 1.24. The number of carbonyl (C=O) groups excluding carboxylic acids is 1. The lowest BCUT2D eigenvalue weighted by atomic mass is 10.1. The first-order chi connectivity index (χ1) is 8.83. The van der Waals surface area contributed by atoms with Crippen molar-refractivity contribution in [2.24, 2.45) is 0 Å². The molecule has 0 spiro atoms. The Labute approximate surface area is 115 Å². The molecule has 0 aliphatic heterocycles. The number of carbonyl (C=O) groups is 1. The van der Waals surface area contributed by atoms with Crippen LogP contribution in [0.2, 0.25) is 0 Å². The predicted molar refractivity (Wildman–Crippen MR) is 79.7 cm³/mol. The second-order valence-corrected chi connectivity index (χ2v) is 8.50. The maximum absolute atomic E-state index is 13.8. The molecule has 0 unspecified atom stereocenters. The molecule has 1 aromatic rings. The van der Waals surface area contributed by atoms with Gasteiger partial charge < -0.3 is 4.74 Å². The lowest BCUT2D eigenvalue weighted by Crippen LogP contribution is -1.95. The first kappa shape index (κ1) is 15.3. The third-order valence-corrected chi connectivity index (χ3v) is 2.85. The third-order valence-electron chi connectivity index (χ3n) is 2.13. The van der Waals surface area contributed by atoms with Crippen LogP contribution in [0.15, 0.2) is 24.3 Å². The molecule has 0 bridgehead atoms. The van der Waals surface area contributed by atoms with Gasteiger partial charge in [0.25, 0.3) is 0 Å². The van der Waals surface area contributed by atoms with Crippen molar-refractivity contribution in [3.8, 4) is 11.2 Å². The minimum atomic E-state index is -0.987. The van der Waals surface area contributed by atoms with Gasteiger partial charge in [0.2, 0.25) is 0 Å². The Kier molecular flexibility index (Phi) is 5.20. The van der Waals surface area contributed by atoms with E-state index >= 15 is 0 Å². The Hall–Kier alpha value is -1.73. The highest BCUT2D eigenvalue weighted by Gasteiger charge is 2.05. The lowest BCUT2D eigenvalue weighted by molar-refractivity contribution is -0.134. The van der Waals surface area contributed by atoms with E-state index in [2.05, 4.69) is 34.7 Å². The molecule has 0 aliphatic rings. The van der Waals surface area contributed by atoms with Crippen LogP contribution in [0.25, 0.3) is 6.08 Å². The molecule has 1 aromatic carbocycles. The van der Waals surface area contributed by atoms with Crippen molar-refractivity contribution in [2.45, 2.75) is 0 Å². The van der Waals surface area contributed by atoms with Crippen molar-refractivity contribution in [3.63, 3.8) is 0 Å². The van der Waals surface area contributed by atoms with Gasteiger partial charge in [0, 0.05) is 17.2 Å². The van der Waals surface area contributed by atoms with Crippen LogP contribution in [0.1, 0.15) is 11.1 Å². The van der Waals surface area contributed by atoms with Gasteiger partial charge in [0.1, 0.15) is 5.82 Å². The van der Waals surface area contributed by atoms with Gasteiger partial charge in [0.05, 0.1) is 7.11 Å². The summed E-state index contributed by atoms with van der Waals surface area (Å²) < 4.78 is 18.2. The summed E-state index contributed by atoms with van der Waals surface area (Å²) in [4.78, 5) is 11.1. The van der Waals surface area contributed by atoms with Crippen molar-refractivity contribution in [1.82, 2.24) is 0 Å². The Morgan fingerprint density at radius 1 is 1.37 bits per heavy atom. The van der Waals surface area contributed by atoms with Crippen molar-refractivity contribution in [1.29, 1.82) is 0 Å². The minimum absolute atomic E-state index is 0.309. The molecular formula is C15H17FO2S. The van der Waals surface area contributed by atoms with Gasteiger partial charge in [-0.15, -0.1) is 0 Å². The normalized spacial score (nSPS) is 11.8. The summed E-state index contributed by atoms with van der Waals surface area (Å²) in [7, 11) is 0.288. The van der Waals surface area contributed by atoms with Crippen LogP contribution in [0.4, 0.5) is 4.39 Å². The smallest absolute Gasteiger partial charge is 0.330 e. The number of rotatable bonds is 2. The molecule has 0 aromatic heterocycles. The molecule has 0 aliphatic carbocycles. The molecule has 0 heterocycles. The van der Waals surface area contributed by atoms with Crippen LogP contribution >= 0.6 is 10.0 Å². The van der Waals surface area contributed by atoms with Crippen molar-refractivity contribution in [3.05, 3.63) is 41.2 Å². The third kappa shape index (κ3) is 5.19. The summed E-state index contributed by atoms with van der Waals surface area (Å²) in [6.07, 6.45) is 8.76. The van der Waals surface area contributed by atoms with Gasteiger partial charge >= 0.3 is 5.97 Å². The van der Waals surface area contributed by atoms with Gasteiger partial charge in [-0.25, -0.2) is 9.18 Å². The monoisotopic (exact) mass is 280 g/mol. The quantitative estimate of drug-likeness (QED) is 0.473. The zero-order chi connectivity index (χ0) is 14.5. The predicted octanol–water partition coefficient (Wildman–Crippen LogP) is 3.01. The molecule has 0 radical (unpaired) electrons. The molecule has 1 rings (SSSR count). The lowest BCUT2D eigenvalue weighted by Gasteiger charge is -2.15. The van der Waals surface area contributed by atoms with E-state index in [1.165, 1.54) is 25.3 Å². The van der Waals surface area contributed by atoms with Gasteiger partial charge in [0.15, 0.2) is 0 Å². The maximum atomic E-state index is 13.8. The molecule has 102 valence electrons. The maximum Gasteiger partial charge on any atom is 0.330 e. The molecule has 4 heteroatoms. The minimum Gasteiger partial charge on any atom is -0.466 e. The number of ether oxygens (including phenoxy) is 1. The average molecular weight is 280 g/mol. The molecule has 0 saturated carbocycles. The zero-order valence-corrected chi connectivity index (χ0v) is 12.3. The van der Waals surface area contributed by atoms with E-state index in [4.69, 9.17) is 0 Å². The van der Waals surface area contributed by atoms with Gasteiger partial charge in [-0.3, -0.25) is 0 Å². The molecule has 0 saturated heterocycles. The summed E-state index contributed by atoms with van der Waals surface area (Å²) in [5.41, 5.74) is 0.881. The van der Waals surface area contributed by atoms with E-state index in [1.807, 2.05) is 0 Å². The second kappa shape index (κ2) is 6.44. The molecule has 0 amide bonds. The second-order valence-electron chi connectivity index (χ2n) is 4.62. The largest absolute Gasteiger partial charge is 0.466 e. The van der Waals surface area contributed by atoms with Crippen LogP contribution < -0.4 is 0 Å². The molecule has 19 heavy (non-hydrogen) atoms. The number of hydrogen-bond acceptors (Lipinski definition) is 2. The first-order valence-electron chi connectivity index (χ1n) is 5.59. The first-order valence-corrected chi connectivity index (χ1v) is 8.45. The van der Waals surface area contributed by atoms with E-state index in [0.29, 0.717) is 11.1 Å². The summed E-state index contributed by atoms with van der Waals surface area (Å²) >= 11 is 0. The SMILES string of the molecule is COC(=O)/C=C/c1c(F)cccc1C#CS(C)(C)C. The molecule has 2 nitrogen and oxygen atoms in total. The Morgan fingerprint density at radius 3 is 2.63 bits per heavy atom. The Balaban J connectivity index is 3.19. The summed E-state index contributed by atoms with van der Waals surface area (Å²) in [5, 5.41) is 3.12. The highest BCUT2D eigenvalue weighted by atomic mass is 32.3.